The molecule has 0 radical (unpaired) electrons. The summed E-state index contributed by atoms with van der Waals surface area (Å²) in [6.45, 7) is 5.23. The van der Waals surface area contributed by atoms with Gasteiger partial charge in [0, 0.05) is 10.0 Å². The predicted octanol–water partition coefficient (Wildman–Crippen LogP) is 3.66. The maximum atomic E-state index is 13.7. The van der Waals surface area contributed by atoms with Crippen molar-refractivity contribution in [2.75, 3.05) is 7.11 Å². The fourth-order valence-corrected chi connectivity index (χ4v) is 5.37. The van der Waals surface area contributed by atoms with Gasteiger partial charge in [-0.15, -0.1) is 0 Å². The third kappa shape index (κ3) is 4.91. The first-order chi connectivity index (χ1) is 17.1. The summed E-state index contributed by atoms with van der Waals surface area (Å²) in [5, 5.41) is 9.14. The minimum atomic E-state index is -1.03. The number of allylic oxidation sites excluding steroid dienone is 1. The summed E-state index contributed by atoms with van der Waals surface area (Å²) in [4.78, 5) is 43.1. The topological polar surface area (TPSA) is 107 Å². The summed E-state index contributed by atoms with van der Waals surface area (Å²) in [7, 11) is 1.53. The summed E-state index contributed by atoms with van der Waals surface area (Å²) in [5.74, 6) is -1.08. The van der Waals surface area contributed by atoms with Crippen LogP contribution in [0.1, 0.15) is 48.3 Å². The van der Waals surface area contributed by atoms with Crippen LogP contribution in [0.5, 0.6) is 5.75 Å². The van der Waals surface area contributed by atoms with Crippen LogP contribution in [-0.2, 0) is 9.53 Å². The Hall–Kier alpha value is -3.50. The number of carboxylic acids is 1. The first kappa shape index (κ1) is 25.6. The van der Waals surface area contributed by atoms with Crippen molar-refractivity contribution < 1.29 is 24.2 Å². The van der Waals surface area contributed by atoms with Gasteiger partial charge < -0.3 is 14.6 Å². The highest BCUT2D eigenvalue weighted by Crippen LogP contribution is 2.37. The van der Waals surface area contributed by atoms with Gasteiger partial charge in [-0.25, -0.2) is 14.6 Å². The van der Waals surface area contributed by atoms with Crippen molar-refractivity contribution in [3.63, 3.8) is 0 Å². The number of hydrogen-bond donors (Lipinski definition) is 1. The van der Waals surface area contributed by atoms with E-state index in [4.69, 9.17) is 14.6 Å². The van der Waals surface area contributed by atoms with E-state index in [0.717, 1.165) is 4.47 Å². The van der Waals surface area contributed by atoms with Gasteiger partial charge in [0.2, 0.25) is 0 Å². The molecule has 2 heterocycles. The van der Waals surface area contributed by atoms with Crippen molar-refractivity contribution in [2.24, 2.45) is 4.99 Å². The molecule has 8 nitrogen and oxygen atoms in total. The molecule has 1 aromatic heterocycles. The maximum Gasteiger partial charge on any atom is 0.338 e. The average Bonchev–Trinajstić information content (AvgIpc) is 3.12. The lowest BCUT2D eigenvalue weighted by atomic mass is 9.95. The van der Waals surface area contributed by atoms with Crippen LogP contribution in [0.15, 0.2) is 68.0 Å². The van der Waals surface area contributed by atoms with E-state index in [-0.39, 0.29) is 22.8 Å². The van der Waals surface area contributed by atoms with E-state index in [1.54, 1.807) is 45.0 Å². The maximum absolute atomic E-state index is 13.7. The molecule has 36 heavy (non-hydrogen) atoms. The minimum Gasteiger partial charge on any atom is -0.496 e. The van der Waals surface area contributed by atoms with Gasteiger partial charge in [0.1, 0.15) is 11.8 Å². The molecule has 186 valence electrons. The number of rotatable bonds is 6. The average molecular weight is 571 g/mol. The first-order valence-electron chi connectivity index (χ1n) is 11.0. The number of esters is 1. The van der Waals surface area contributed by atoms with Gasteiger partial charge in [-0.1, -0.05) is 39.4 Å². The Labute approximate surface area is 219 Å². The van der Waals surface area contributed by atoms with E-state index in [1.165, 1.54) is 35.1 Å². The first-order valence-corrected chi connectivity index (χ1v) is 12.6. The number of hydrogen-bond acceptors (Lipinski definition) is 7. The summed E-state index contributed by atoms with van der Waals surface area (Å²) in [6.07, 6.45) is 1.32. The number of nitrogens with zero attached hydrogens (tertiary/aromatic N) is 2. The zero-order chi connectivity index (χ0) is 26.1. The molecule has 4 rings (SSSR count). The van der Waals surface area contributed by atoms with E-state index in [2.05, 4.69) is 20.9 Å². The molecule has 1 atom stereocenters. The highest BCUT2D eigenvalue weighted by Gasteiger charge is 2.35. The number of carbonyl (C=O) groups is 2. The van der Waals surface area contributed by atoms with Crippen LogP contribution in [0.25, 0.3) is 6.08 Å². The molecule has 0 bridgehead atoms. The quantitative estimate of drug-likeness (QED) is 0.453. The Morgan fingerprint density at radius 2 is 1.89 bits per heavy atom. The normalized spacial score (nSPS) is 15.5. The SMILES string of the molecule is COc1ccc(Br)cc1[C@H]1C(C(=O)OC(C)C)=C(C)N=c2s/c(=C\c3ccc(C(=O)O)cc3)c(=O)n21. The molecule has 1 aliphatic heterocycles. The van der Waals surface area contributed by atoms with E-state index in [9.17, 15) is 14.4 Å². The van der Waals surface area contributed by atoms with Gasteiger partial charge in [0.25, 0.3) is 5.56 Å². The van der Waals surface area contributed by atoms with E-state index in [0.29, 0.717) is 31.9 Å². The van der Waals surface area contributed by atoms with Crippen LogP contribution in [0, 0.1) is 0 Å². The summed E-state index contributed by atoms with van der Waals surface area (Å²) >= 11 is 4.67. The Bertz CT molecular complexity index is 1570. The zero-order valence-corrected chi connectivity index (χ0v) is 22.3. The zero-order valence-electron chi connectivity index (χ0n) is 19.9. The number of methoxy groups -OCH3 is 1. The molecule has 1 aliphatic rings. The fourth-order valence-electron chi connectivity index (χ4n) is 3.95. The minimum absolute atomic E-state index is 0.152. The van der Waals surface area contributed by atoms with Gasteiger partial charge in [-0.3, -0.25) is 9.36 Å². The summed E-state index contributed by atoms with van der Waals surface area (Å²) in [5.41, 5.74) is 1.79. The van der Waals surface area contributed by atoms with Crippen molar-refractivity contribution in [2.45, 2.75) is 32.9 Å². The standard InChI is InChI=1S/C26H23BrN2O6S/c1-13(2)35-25(33)21-14(3)28-26-29(22(21)18-12-17(27)9-10-19(18)34-4)23(30)20(36-26)11-15-5-7-16(8-6-15)24(31)32/h5-13,22H,1-4H3,(H,31,32)/b20-11-/t22-/m0/s1. The second kappa shape index (κ2) is 10.2. The van der Waals surface area contributed by atoms with Crippen molar-refractivity contribution >= 4 is 45.3 Å². The van der Waals surface area contributed by atoms with Crippen molar-refractivity contribution in [1.82, 2.24) is 4.57 Å². The lowest BCUT2D eigenvalue weighted by Crippen LogP contribution is -2.40. The molecule has 0 fully saturated rings. The van der Waals surface area contributed by atoms with Crippen LogP contribution >= 0.6 is 27.3 Å². The smallest absolute Gasteiger partial charge is 0.338 e. The summed E-state index contributed by atoms with van der Waals surface area (Å²) < 4.78 is 13.7. The van der Waals surface area contributed by atoms with Crippen LogP contribution in [0.3, 0.4) is 0 Å². The lowest BCUT2D eigenvalue weighted by molar-refractivity contribution is -0.143. The second-order valence-corrected chi connectivity index (χ2v) is 10.3. The van der Waals surface area contributed by atoms with Crippen LogP contribution in [-0.4, -0.2) is 34.8 Å². The lowest BCUT2D eigenvalue weighted by Gasteiger charge is -2.26. The number of aromatic nitrogens is 1. The molecule has 0 amide bonds. The van der Waals surface area contributed by atoms with Gasteiger partial charge in [0.15, 0.2) is 4.80 Å². The molecular formula is C26H23BrN2O6S. The van der Waals surface area contributed by atoms with Gasteiger partial charge in [0.05, 0.1) is 34.6 Å². The molecule has 10 heteroatoms. The second-order valence-electron chi connectivity index (χ2n) is 8.35. The van der Waals surface area contributed by atoms with Gasteiger partial charge >= 0.3 is 11.9 Å². The monoisotopic (exact) mass is 570 g/mol. The Balaban J connectivity index is 1.96. The predicted molar refractivity (Wildman–Crippen MR) is 139 cm³/mol. The number of halogens is 1. The highest BCUT2D eigenvalue weighted by atomic mass is 79.9. The number of thiazole rings is 1. The molecule has 0 saturated carbocycles. The number of carbonyl (C=O) groups excluding carboxylic acids is 1. The number of aromatic carboxylic acids is 1. The molecule has 0 saturated heterocycles. The van der Waals surface area contributed by atoms with E-state index in [1.807, 2.05) is 12.1 Å². The third-order valence-corrected chi connectivity index (χ3v) is 7.00. The Morgan fingerprint density at radius 1 is 1.19 bits per heavy atom. The Morgan fingerprint density at radius 3 is 2.50 bits per heavy atom. The van der Waals surface area contributed by atoms with Crippen LogP contribution in [0.4, 0.5) is 0 Å². The molecule has 3 aromatic rings. The summed E-state index contributed by atoms with van der Waals surface area (Å²) in [6, 6.07) is 10.8. The largest absolute Gasteiger partial charge is 0.496 e. The molecule has 1 N–H and O–H groups in total. The van der Waals surface area contributed by atoms with Crippen LogP contribution < -0.4 is 19.6 Å². The molecule has 2 aromatic carbocycles. The van der Waals surface area contributed by atoms with Gasteiger partial charge in [-0.05, 0) is 62.7 Å². The Kier molecular flexibility index (Phi) is 7.28. The number of carboxylic acid groups (broad SMARTS) is 1. The van der Waals surface area contributed by atoms with E-state index >= 15 is 0 Å². The fraction of sp³-hybridized carbons (Fsp3) is 0.231. The van der Waals surface area contributed by atoms with Gasteiger partial charge in [-0.2, -0.15) is 0 Å². The molecular weight excluding hydrogens is 548 g/mol. The van der Waals surface area contributed by atoms with Crippen molar-refractivity contribution in [3.8, 4) is 5.75 Å². The third-order valence-electron chi connectivity index (χ3n) is 5.53. The number of fused-ring (bicyclic) bond motifs is 1. The number of benzene rings is 2. The molecule has 0 unspecified atom stereocenters. The highest BCUT2D eigenvalue weighted by molar-refractivity contribution is 9.10. The number of ether oxygens (including phenoxy) is 2. The molecule has 0 spiro atoms. The van der Waals surface area contributed by atoms with E-state index < -0.39 is 18.0 Å². The van der Waals surface area contributed by atoms with Crippen LogP contribution in [0.2, 0.25) is 0 Å². The van der Waals surface area contributed by atoms with Crippen molar-refractivity contribution in [1.29, 1.82) is 0 Å². The molecule has 0 aliphatic carbocycles. The van der Waals surface area contributed by atoms with Crippen molar-refractivity contribution in [3.05, 3.63) is 94.6 Å².